The van der Waals surface area contributed by atoms with E-state index >= 15 is 0 Å². The van der Waals surface area contributed by atoms with Crippen molar-refractivity contribution in [3.8, 4) is 0 Å². The lowest BCUT2D eigenvalue weighted by molar-refractivity contribution is -0.179. The predicted molar refractivity (Wildman–Crippen MR) is 147 cm³/mol. The van der Waals surface area contributed by atoms with Crippen molar-refractivity contribution in [1.29, 1.82) is 0 Å². The van der Waals surface area contributed by atoms with Gasteiger partial charge in [-0.05, 0) is 54.7 Å². The Morgan fingerprint density at radius 3 is 2.49 bits per heavy atom. The molecule has 10 nitrogen and oxygen atoms in total. The van der Waals surface area contributed by atoms with Crippen LogP contribution in [0.25, 0.3) is 0 Å². The third kappa shape index (κ3) is 5.97. The molecule has 1 amide bonds. The number of tetrazole rings is 1. The summed E-state index contributed by atoms with van der Waals surface area (Å²) in [5, 5.41) is 14.8. The number of aromatic nitrogens is 4. The van der Waals surface area contributed by atoms with Crippen LogP contribution in [0.4, 0.5) is 0 Å². The van der Waals surface area contributed by atoms with Gasteiger partial charge in [-0.1, -0.05) is 59.6 Å². The molecule has 0 spiro atoms. The minimum Gasteiger partial charge on any atom is -0.357 e. The largest absolute Gasteiger partial charge is 0.357 e. The Morgan fingerprint density at radius 1 is 1.13 bits per heavy atom. The number of sulfonamides is 1. The van der Waals surface area contributed by atoms with E-state index in [9.17, 15) is 13.2 Å². The highest BCUT2D eigenvalue weighted by atomic mass is 35.5. The molecule has 13 heteroatoms. The number of carbonyl (C=O) groups is 1. The summed E-state index contributed by atoms with van der Waals surface area (Å²) in [5.74, 6) is 0.0617. The average Bonchev–Trinajstić information content (AvgIpc) is 3.66. The lowest BCUT2D eigenvalue weighted by Crippen LogP contribution is -2.57. The molecular formula is C26H30Cl2N6O4S. The Morgan fingerprint density at radius 2 is 1.87 bits per heavy atom. The molecular weight excluding hydrogens is 563 g/mol. The number of morpholine rings is 1. The molecule has 39 heavy (non-hydrogen) atoms. The molecule has 4 unspecified atom stereocenters. The van der Waals surface area contributed by atoms with Crippen molar-refractivity contribution in [1.82, 2.24) is 29.8 Å². The highest BCUT2D eigenvalue weighted by molar-refractivity contribution is 7.90. The van der Waals surface area contributed by atoms with E-state index in [1.165, 1.54) is 4.31 Å². The minimum absolute atomic E-state index is 0.100. The normalized spacial score (nSPS) is 22.8. The summed E-state index contributed by atoms with van der Waals surface area (Å²) in [4.78, 5) is 16.0. The number of benzene rings is 2. The van der Waals surface area contributed by atoms with Gasteiger partial charge in [0.15, 0.2) is 5.82 Å². The van der Waals surface area contributed by atoms with Crippen LogP contribution in [-0.4, -0.2) is 75.1 Å². The first-order valence-corrected chi connectivity index (χ1v) is 15.1. The van der Waals surface area contributed by atoms with Gasteiger partial charge in [0.05, 0.1) is 11.3 Å². The summed E-state index contributed by atoms with van der Waals surface area (Å²) in [5.41, 5.74) is 1.59. The lowest BCUT2D eigenvalue weighted by atomic mass is 9.89. The molecule has 2 fully saturated rings. The first kappa shape index (κ1) is 28.0. The highest BCUT2D eigenvalue weighted by Gasteiger charge is 2.48. The summed E-state index contributed by atoms with van der Waals surface area (Å²) >= 11 is 12.6. The van der Waals surface area contributed by atoms with Gasteiger partial charge < -0.3 is 9.64 Å². The molecule has 0 radical (unpaired) electrons. The number of hydrogen-bond acceptors (Lipinski definition) is 7. The SMILES string of the molecule is CCC(CN(C)S(=O)(=O)C1CC1)N1C(=O)C(Cc2nn[nH]n2)OC(c2cccc(Cl)c2)C1c1ccc(Cl)cc1. The monoisotopic (exact) mass is 592 g/mol. The smallest absolute Gasteiger partial charge is 0.253 e. The Kier molecular flexibility index (Phi) is 8.25. The third-order valence-corrected chi connectivity index (χ3v) is 10.1. The molecule has 2 aromatic carbocycles. The van der Waals surface area contributed by atoms with E-state index in [4.69, 9.17) is 27.9 Å². The van der Waals surface area contributed by atoms with Gasteiger partial charge in [-0.2, -0.15) is 5.21 Å². The minimum atomic E-state index is -3.44. The summed E-state index contributed by atoms with van der Waals surface area (Å²) in [6, 6.07) is 13.6. The molecule has 1 saturated heterocycles. The summed E-state index contributed by atoms with van der Waals surface area (Å²) in [6.07, 6.45) is 0.419. The van der Waals surface area contributed by atoms with Gasteiger partial charge in [-0.3, -0.25) is 4.79 Å². The average molecular weight is 594 g/mol. The zero-order chi connectivity index (χ0) is 27.7. The van der Waals surface area contributed by atoms with Crippen molar-refractivity contribution in [3.63, 3.8) is 0 Å². The van der Waals surface area contributed by atoms with E-state index in [1.54, 1.807) is 30.1 Å². The van der Waals surface area contributed by atoms with E-state index in [0.717, 1.165) is 11.1 Å². The number of H-pyrrole nitrogens is 1. The molecule has 208 valence electrons. The Hall–Kier alpha value is -2.57. The fourth-order valence-corrected chi connectivity index (χ4v) is 7.06. The molecule has 1 aliphatic heterocycles. The van der Waals surface area contributed by atoms with Crippen LogP contribution in [0.3, 0.4) is 0 Å². The van der Waals surface area contributed by atoms with E-state index in [1.807, 2.05) is 37.3 Å². The van der Waals surface area contributed by atoms with Crippen molar-refractivity contribution < 1.29 is 17.9 Å². The number of aromatic amines is 1. The number of nitrogens with zero attached hydrogens (tertiary/aromatic N) is 5. The Labute approximate surface area is 237 Å². The summed E-state index contributed by atoms with van der Waals surface area (Å²) in [6.45, 7) is 2.11. The molecule has 5 rings (SSSR count). The van der Waals surface area contributed by atoms with Gasteiger partial charge in [0.25, 0.3) is 5.91 Å². The van der Waals surface area contributed by atoms with E-state index < -0.39 is 34.3 Å². The van der Waals surface area contributed by atoms with Crippen molar-refractivity contribution in [2.24, 2.45) is 0 Å². The number of rotatable bonds is 10. The molecule has 0 bridgehead atoms. The molecule has 4 atom stereocenters. The summed E-state index contributed by atoms with van der Waals surface area (Å²) < 4.78 is 34.0. The topological polar surface area (TPSA) is 121 Å². The van der Waals surface area contributed by atoms with Crippen LogP contribution in [-0.2, 0) is 26.0 Å². The number of carbonyl (C=O) groups excluding carboxylic acids is 1. The first-order valence-electron chi connectivity index (χ1n) is 12.8. The van der Waals surface area contributed by atoms with Crippen LogP contribution in [0.5, 0.6) is 0 Å². The second-order valence-corrected chi connectivity index (χ2v) is 13.2. The zero-order valence-electron chi connectivity index (χ0n) is 21.6. The van der Waals surface area contributed by atoms with Crippen LogP contribution in [0.1, 0.15) is 55.3 Å². The fourth-order valence-electron chi connectivity index (χ4n) is 5.11. The molecule has 2 aliphatic rings. The van der Waals surface area contributed by atoms with Crippen LogP contribution in [0.15, 0.2) is 48.5 Å². The molecule has 1 saturated carbocycles. The number of ether oxygens (including phenoxy) is 1. The van der Waals surface area contributed by atoms with Crippen LogP contribution in [0, 0.1) is 0 Å². The standard InChI is InChI=1S/C26H30Cl2N6O4S/c1-3-20(15-33(2)39(36,37)21-11-12-21)34-24(16-7-9-18(27)10-8-16)25(17-5-4-6-19(28)13-17)38-22(26(34)35)14-23-29-31-32-30-23/h4-10,13,20-22,24-25H,3,11-12,14-15H2,1-2H3,(H,29,30,31,32). The first-order chi connectivity index (χ1) is 18.7. The van der Waals surface area contributed by atoms with Crippen molar-refractivity contribution >= 4 is 39.1 Å². The maximum absolute atomic E-state index is 14.2. The maximum atomic E-state index is 14.2. The zero-order valence-corrected chi connectivity index (χ0v) is 23.9. The van der Waals surface area contributed by atoms with Crippen LogP contribution < -0.4 is 0 Å². The van der Waals surface area contributed by atoms with Crippen molar-refractivity contribution in [2.45, 2.75) is 62.1 Å². The van der Waals surface area contributed by atoms with Crippen molar-refractivity contribution in [3.05, 3.63) is 75.5 Å². The number of hydrogen-bond donors (Lipinski definition) is 1. The highest BCUT2D eigenvalue weighted by Crippen LogP contribution is 2.45. The number of nitrogens with one attached hydrogen (secondary N) is 1. The van der Waals surface area contributed by atoms with E-state index in [-0.39, 0.29) is 24.1 Å². The molecule has 1 N–H and O–H groups in total. The number of amides is 1. The van der Waals surface area contributed by atoms with Gasteiger partial charge in [0.2, 0.25) is 10.0 Å². The molecule has 1 aliphatic carbocycles. The maximum Gasteiger partial charge on any atom is 0.253 e. The molecule has 2 heterocycles. The molecule has 3 aromatic rings. The number of halogens is 2. The van der Waals surface area contributed by atoms with Gasteiger partial charge >= 0.3 is 0 Å². The Balaban J connectivity index is 1.59. The van der Waals surface area contributed by atoms with Gasteiger partial charge in [0.1, 0.15) is 12.2 Å². The quantitative estimate of drug-likeness (QED) is 0.378. The van der Waals surface area contributed by atoms with E-state index in [2.05, 4.69) is 20.6 Å². The molecule has 1 aromatic heterocycles. The summed E-state index contributed by atoms with van der Waals surface area (Å²) in [7, 11) is -1.86. The van der Waals surface area contributed by atoms with Crippen LogP contribution in [0.2, 0.25) is 10.0 Å². The van der Waals surface area contributed by atoms with Crippen LogP contribution >= 0.6 is 23.2 Å². The van der Waals surface area contributed by atoms with Gasteiger partial charge in [0, 0.05) is 36.1 Å². The van der Waals surface area contributed by atoms with Crippen molar-refractivity contribution in [2.75, 3.05) is 13.6 Å². The predicted octanol–water partition coefficient (Wildman–Crippen LogP) is 3.96. The Bertz CT molecular complexity index is 1400. The second-order valence-electron chi connectivity index (χ2n) is 9.96. The number of likely N-dealkylation sites (N-methyl/N-ethyl adjacent to an activating group) is 1. The third-order valence-electron chi connectivity index (χ3n) is 7.29. The second kappa shape index (κ2) is 11.5. The van der Waals surface area contributed by atoms with Gasteiger partial charge in [-0.15, -0.1) is 10.2 Å². The fraction of sp³-hybridized carbons (Fsp3) is 0.462. The van der Waals surface area contributed by atoms with E-state index in [0.29, 0.717) is 35.1 Å². The lowest BCUT2D eigenvalue weighted by Gasteiger charge is -2.48. The van der Waals surface area contributed by atoms with Gasteiger partial charge in [-0.25, -0.2) is 12.7 Å².